The molecule has 142 valence electrons. The van der Waals surface area contributed by atoms with E-state index in [9.17, 15) is 4.79 Å². The summed E-state index contributed by atoms with van der Waals surface area (Å²) >= 11 is 5.17. The van der Waals surface area contributed by atoms with Crippen LogP contribution in [0.5, 0.6) is 5.75 Å². The molecule has 0 atom stereocenters. The van der Waals surface area contributed by atoms with Crippen molar-refractivity contribution < 1.29 is 14.3 Å². The monoisotopic (exact) mass is 385 g/mol. The van der Waals surface area contributed by atoms with E-state index in [-0.39, 0.29) is 6.61 Å². The van der Waals surface area contributed by atoms with Crippen molar-refractivity contribution in [2.24, 2.45) is 5.10 Å². The van der Waals surface area contributed by atoms with Crippen molar-refractivity contribution in [3.63, 3.8) is 0 Å². The van der Waals surface area contributed by atoms with Crippen molar-refractivity contribution >= 4 is 35.2 Å². The van der Waals surface area contributed by atoms with Gasteiger partial charge in [0.25, 0.3) is 0 Å². The average molecular weight is 385 g/mol. The lowest BCUT2D eigenvalue weighted by atomic mass is 10.2. The van der Waals surface area contributed by atoms with Gasteiger partial charge in [-0.25, -0.2) is 4.79 Å². The summed E-state index contributed by atoms with van der Waals surface area (Å²) in [5, 5.41) is 7.51. The van der Waals surface area contributed by atoms with Crippen molar-refractivity contribution in [1.29, 1.82) is 0 Å². The number of hydrogen-bond acceptors (Lipinski definition) is 5. The van der Waals surface area contributed by atoms with Gasteiger partial charge in [0, 0.05) is 5.69 Å². The van der Waals surface area contributed by atoms with Crippen LogP contribution in [0.25, 0.3) is 0 Å². The number of esters is 1. The van der Waals surface area contributed by atoms with Gasteiger partial charge in [0.05, 0.1) is 6.21 Å². The predicted molar refractivity (Wildman–Crippen MR) is 111 cm³/mol. The second-order valence-corrected chi connectivity index (χ2v) is 7.04. The van der Waals surface area contributed by atoms with Crippen LogP contribution >= 0.6 is 12.2 Å². The van der Waals surface area contributed by atoms with Crippen molar-refractivity contribution in [1.82, 2.24) is 5.43 Å². The zero-order valence-electron chi connectivity index (χ0n) is 15.6. The number of carbonyl (C=O) groups is 1. The number of ether oxygens (including phenoxy) is 2. The molecule has 0 aromatic heterocycles. The lowest BCUT2D eigenvalue weighted by Gasteiger charge is -2.19. The van der Waals surface area contributed by atoms with Gasteiger partial charge in [-0.3, -0.25) is 5.43 Å². The molecule has 0 fully saturated rings. The molecular formula is C20H23N3O3S. The highest BCUT2D eigenvalue weighted by Gasteiger charge is 2.16. The van der Waals surface area contributed by atoms with Crippen LogP contribution in [0.15, 0.2) is 59.7 Å². The second-order valence-electron chi connectivity index (χ2n) is 6.63. The first kappa shape index (κ1) is 20.4. The number of nitrogens with zero attached hydrogens (tertiary/aromatic N) is 1. The molecule has 2 rings (SSSR count). The van der Waals surface area contributed by atoms with Gasteiger partial charge in [0.15, 0.2) is 11.7 Å². The molecule has 0 aliphatic rings. The summed E-state index contributed by atoms with van der Waals surface area (Å²) in [6.07, 6.45) is 1.64. The van der Waals surface area contributed by atoms with Gasteiger partial charge in [-0.05, 0) is 75.0 Å². The molecule has 0 amide bonds. The first-order valence-corrected chi connectivity index (χ1v) is 8.82. The maximum absolute atomic E-state index is 11.6. The molecule has 0 bridgehead atoms. The zero-order valence-corrected chi connectivity index (χ0v) is 16.4. The van der Waals surface area contributed by atoms with E-state index in [2.05, 4.69) is 15.8 Å². The Morgan fingerprint density at radius 1 is 1.11 bits per heavy atom. The van der Waals surface area contributed by atoms with Crippen molar-refractivity contribution in [2.45, 2.75) is 26.4 Å². The lowest BCUT2D eigenvalue weighted by molar-refractivity contribution is -0.157. The minimum absolute atomic E-state index is 0.133. The van der Waals surface area contributed by atoms with E-state index in [0.717, 1.165) is 11.3 Å². The fraction of sp³-hybridized carbons (Fsp3) is 0.250. The van der Waals surface area contributed by atoms with Gasteiger partial charge < -0.3 is 14.8 Å². The topological polar surface area (TPSA) is 72.0 Å². The highest BCUT2D eigenvalue weighted by Crippen LogP contribution is 2.12. The summed E-state index contributed by atoms with van der Waals surface area (Å²) in [5.74, 6) is 0.170. The molecule has 0 saturated carbocycles. The molecule has 2 N–H and O–H groups in total. The van der Waals surface area contributed by atoms with Crippen LogP contribution in [-0.2, 0) is 9.53 Å². The molecule has 7 heteroatoms. The van der Waals surface area contributed by atoms with E-state index in [1.165, 1.54) is 0 Å². The van der Waals surface area contributed by atoms with Crippen molar-refractivity contribution in [3.8, 4) is 5.75 Å². The fourth-order valence-corrected chi connectivity index (χ4v) is 2.18. The Bertz CT molecular complexity index is 784. The predicted octanol–water partition coefficient (Wildman–Crippen LogP) is 3.73. The third-order valence-electron chi connectivity index (χ3n) is 3.07. The molecule has 2 aromatic carbocycles. The summed E-state index contributed by atoms with van der Waals surface area (Å²) in [6.45, 7) is 5.31. The maximum Gasteiger partial charge on any atom is 0.344 e. The van der Waals surface area contributed by atoms with Gasteiger partial charge in [0.2, 0.25) is 0 Å². The molecule has 0 radical (unpaired) electrons. The number of rotatable bonds is 6. The van der Waals surface area contributed by atoms with E-state index in [1.807, 2.05) is 63.2 Å². The average Bonchev–Trinajstić information content (AvgIpc) is 2.60. The van der Waals surface area contributed by atoms with E-state index in [0.29, 0.717) is 10.9 Å². The van der Waals surface area contributed by atoms with Crippen LogP contribution in [0.1, 0.15) is 26.3 Å². The Labute approximate surface area is 164 Å². The van der Waals surface area contributed by atoms with Crippen LogP contribution in [0.4, 0.5) is 5.69 Å². The van der Waals surface area contributed by atoms with E-state index in [4.69, 9.17) is 21.7 Å². The molecule has 0 aliphatic carbocycles. The molecule has 2 aromatic rings. The smallest absolute Gasteiger partial charge is 0.344 e. The third kappa shape index (κ3) is 8.33. The van der Waals surface area contributed by atoms with Crippen LogP contribution in [0.2, 0.25) is 0 Å². The number of hydrazone groups is 1. The Morgan fingerprint density at radius 3 is 2.41 bits per heavy atom. The Hall–Kier alpha value is -2.93. The summed E-state index contributed by atoms with van der Waals surface area (Å²) in [5.41, 5.74) is 3.97. The molecule has 0 unspecified atom stereocenters. The lowest BCUT2D eigenvalue weighted by Crippen LogP contribution is -2.27. The largest absolute Gasteiger partial charge is 0.482 e. The van der Waals surface area contributed by atoms with Crippen molar-refractivity contribution in [2.75, 3.05) is 11.9 Å². The molecule has 0 heterocycles. The Balaban J connectivity index is 1.77. The molecule has 6 nitrogen and oxygen atoms in total. The third-order valence-corrected chi connectivity index (χ3v) is 3.26. The minimum Gasteiger partial charge on any atom is -0.482 e. The highest BCUT2D eigenvalue weighted by molar-refractivity contribution is 7.80. The van der Waals surface area contributed by atoms with Gasteiger partial charge in [0.1, 0.15) is 11.4 Å². The maximum atomic E-state index is 11.6. The summed E-state index contributed by atoms with van der Waals surface area (Å²) in [7, 11) is 0. The first-order chi connectivity index (χ1) is 12.8. The normalized spacial score (nSPS) is 11.1. The standard InChI is InChI=1S/C20H23N3O3S/c1-20(2,3)26-18(24)14-25-17-11-9-15(10-12-17)13-21-23-19(27)22-16-7-5-4-6-8-16/h4-13H,14H2,1-3H3,(H2,22,23,27)/b21-13+. The SMILES string of the molecule is CC(C)(C)OC(=O)COc1ccc(/C=N/NC(=S)Nc2ccccc2)cc1. The van der Waals surface area contributed by atoms with Crippen LogP contribution in [0.3, 0.4) is 0 Å². The Kier molecular flexibility index (Phi) is 7.31. The number of nitrogens with one attached hydrogen (secondary N) is 2. The number of carbonyl (C=O) groups excluding carboxylic acids is 1. The number of hydrogen-bond donors (Lipinski definition) is 2. The minimum atomic E-state index is -0.524. The second kappa shape index (κ2) is 9.68. The van der Waals surface area contributed by atoms with E-state index < -0.39 is 11.6 Å². The van der Waals surface area contributed by atoms with Gasteiger partial charge >= 0.3 is 5.97 Å². The van der Waals surface area contributed by atoms with E-state index in [1.54, 1.807) is 18.3 Å². The number of thiocarbonyl (C=S) groups is 1. The first-order valence-electron chi connectivity index (χ1n) is 8.42. The van der Waals surface area contributed by atoms with Crippen LogP contribution in [0, 0.1) is 0 Å². The number of para-hydroxylation sites is 1. The molecule has 0 saturated heterocycles. The fourth-order valence-electron chi connectivity index (χ4n) is 2.01. The Morgan fingerprint density at radius 2 is 1.78 bits per heavy atom. The zero-order chi connectivity index (χ0) is 19.7. The van der Waals surface area contributed by atoms with E-state index >= 15 is 0 Å². The molecule has 27 heavy (non-hydrogen) atoms. The molecule has 0 spiro atoms. The van der Waals surface area contributed by atoms with Gasteiger partial charge in [-0.15, -0.1) is 0 Å². The summed E-state index contributed by atoms with van der Waals surface area (Å²) < 4.78 is 10.6. The molecular weight excluding hydrogens is 362 g/mol. The molecule has 0 aliphatic heterocycles. The number of anilines is 1. The quantitative estimate of drug-likeness (QED) is 0.342. The summed E-state index contributed by atoms with van der Waals surface area (Å²) in [6, 6.07) is 16.7. The van der Waals surface area contributed by atoms with Crippen molar-refractivity contribution in [3.05, 3.63) is 60.2 Å². The van der Waals surface area contributed by atoms with Crippen LogP contribution < -0.4 is 15.5 Å². The summed E-state index contributed by atoms with van der Waals surface area (Å²) in [4.78, 5) is 11.6. The van der Waals surface area contributed by atoms with Crippen LogP contribution in [-0.4, -0.2) is 29.5 Å². The highest BCUT2D eigenvalue weighted by atomic mass is 32.1. The van der Waals surface area contributed by atoms with Gasteiger partial charge in [-0.2, -0.15) is 5.10 Å². The number of benzene rings is 2. The van der Waals surface area contributed by atoms with Gasteiger partial charge in [-0.1, -0.05) is 18.2 Å².